The lowest BCUT2D eigenvalue weighted by Crippen LogP contribution is -2.45. The van der Waals surface area contributed by atoms with E-state index >= 15 is 0 Å². The zero-order valence-electron chi connectivity index (χ0n) is 44.7. The molecule has 0 saturated heterocycles. The van der Waals surface area contributed by atoms with Crippen molar-refractivity contribution >= 4 is 13.7 Å². The molecule has 0 heterocycles. The summed E-state index contributed by atoms with van der Waals surface area (Å²) >= 11 is 0. The predicted molar refractivity (Wildman–Crippen MR) is 297 cm³/mol. The summed E-state index contributed by atoms with van der Waals surface area (Å²) in [5.41, 5.74) is 0. The van der Waals surface area contributed by atoms with E-state index in [1.807, 2.05) is 27.2 Å². The minimum Gasteiger partial charge on any atom is -0.756 e. The minimum absolute atomic E-state index is 0.00712. The van der Waals surface area contributed by atoms with Gasteiger partial charge in [0.1, 0.15) is 13.2 Å². The Balaban J connectivity index is 3.99. The highest BCUT2D eigenvalue weighted by Crippen LogP contribution is 2.38. The lowest BCUT2D eigenvalue weighted by atomic mass is 10.0. The van der Waals surface area contributed by atoms with E-state index in [1.165, 1.54) is 77.0 Å². The summed E-state index contributed by atoms with van der Waals surface area (Å²) in [5, 5.41) is 13.7. The second kappa shape index (κ2) is 49.9. The number of nitrogens with one attached hydrogen (secondary N) is 1. The maximum atomic E-state index is 12.9. The van der Waals surface area contributed by atoms with Crippen molar-refractivity contribution < 1.29 is 32.9 Å². The first-order chi connectivity index (χ1) is 33.5. The van der Waals surface area contributed by atoms with E-state index in [0.717, 1.165) is 103 Å². The summed E-state index contributed by atoms with van der Waals surface area (Å²) in [6.45, 7) is 4.46. The van der Waals surface area contributed by atoms with E-state index in [-0.39, 0.29) is 19.1 Å². The number of rotatable bonds is 48. The van der Waals surface area contributed by atoms with Gasteiger partial charge in [-0.1, -0.05) is 225 Å². The molecule has 3 unspecified atom stereocenters. The lowest BCUT2D eigenvalue weighted by Gasteiger charge is -2.29. The van der Waals surface area contributed by atoms with Crippen molar-refractivity contribution in [1.82, 2.24) is 5.32 Å². The number of amides is 1. The third-order valence-electron chi connectivity index (χ3n) is 11.4. The van der Waals surface area contributed by atoms with E-state index in [2.05, 4.69) is 129 Å². The Kier molecular flexibility index (Phi) is 47.6. The van der Waals surface area contributed by atoms with Gasteiger partial charge in [0.05, 0.1) is 39.9 Å². The van der Waals surface area contributed by atoms with Gasteiger partial charge < -0.3 is 28.8 Å². The van der Waals surface area contributed by atoms with Crippen molar-refractivity contribution in [2.45, 2.75) is 212 Å². The molecule has 0 spiro atoms. The zero-order valence-corrected chi connectivity index (χ0v) is 45.6. The van der Waals surface area contributed by atoms with Crippen LogP contribution in [0.2, 0.25) is 0 Å². The fourth-order valence-electron chi connectivity index (χ4n) is 7.14. The van der Waals surface area contributed by atoms with Crippen molar-refractivity contribution in [2.24, 2.45) is 0 Å². The molecule has 0 aromatic heterocycles. The molecule has 0 aromatic rings. The number of carbonyl (C=O) groups excluding carboxylic acids is 1. The molecule has 0 aromatic carbocycles. The van der Waals surface area contributed by atoms with Crippen LogP contribution in [0, 0.1) is 0 Å². The number of phosphoric ester groups is 1. The van der Waals surface area contributed by atoms with Gasteiger partial charge in [-0.2, -0.15) is 0 Å². The number of unbranched alkanes of at least 4 members (excludes halogenated alkanes) is 17. The zero-order chi connectivity index (χ0) is 50.6. The molecule has 0 saturated carbocycles. The number of hydrogen-bond donors (Lipinski definition) is 2. The molecule has 0 aliphatic heterocycles. The monoisotopic (exact) mass is 979 g/mol. The number of aliphatic hydroxyl groups excluding tert-OH is 1. The molecule has 0 radical (unpaired) electrons. The molecule has 394 valence electrons. The Morgan fingerprint density at radius 2 is 0.884 bits per heavy atom. The van der Waals surface area contributed by atoms with E-state index in [9.17, 15) is 19.4 Å². The summed E-state index contributed by atoms with van der Waals surface area (Å²) in [5.74, 6) is -0.210. The first-order valence-corrected chi connectivity index (χ1v) is 28.9. The smallest absolute Gasteiger partial charge is 0.268 e. The van der Waals surface area contributed by atoms with Crippen molar-refractivity contribution in [1.29, 1.82) is 0 Å². The molecule has 0 aliphatic rings. The van der Waals surface area contributed by atoms with Gasteiger partial charge in [-0.15, -0.1) is 0 Å². The summed E-state index contributed by atoms with van der Waals surface area (Å²) in [4.78, 5) is 25.3. The molecular weight excluding hydrogens is 876 g/mol. The molecule has 0 aliphatic carbocycles. The molecule has 0 rings (SSSR count). The van der Waals surface area contributed by atoms with Crippen LogP contribution < -0.4 is 10.2 Å². The average molecular weight is 979 g/mol. The largest absolute Gasteiger partial charge is 0.756 e. The third-order valence-corrected chi connectivity index (χ3v) is 12.4. The van der Waals surface area contributed by atoms with Gasteiger partial charge in [-0.25, -0.2) is 0 Å². The fraction of sp³-hybridized carbons (Fsp3) is 0.650. The molecule has 1 amide bonds. The van der Waals surface area contributed by atoms with Crippen LogP contribution in [0.15, 0.2) is 122 Å². The fourth-order valence-corrected chi connectivity index (χ4v) is 7.87. The van der Waals surface area contributed by atoms with E-state index in [4.69, 9.17) is 9.05 Å². The Morgan fingerprint density at radius 1 is 0.522 bits per heavy atom. The number of hydrogen-bond acceptors (Lipinski definition) is 6. The molecule has 0 bridgehead atoms. The van der Waals surface area contributed by atoms with E-state index in [1.54, 1.807) is 6.08 Å². The van der Waals surface area contributed by atoms with Crippen LogP contribution in [0.3, 0.4) is 0 Å². The van der Waals surface area contributed by atoms with Crippen LogP contribution in [0.4, 0.5) is 0 Å². The number of aliphatic hydroxyl groups is 1. The quantitative estimate of drug-likeness (QED) is 0.0272. The van der Waals surface area contributed by atoms with Gasteiger partial charge in [-0.3, -0.25) is 9.36 Å². The highest BCUT2D eigenvalue weighted by atomic mass is 31.2. The van der Waals surface area contributed by atoms with Crippen molar-refractivity contribution in [3.63, 3.8) is 0 Å². The van der Waals surface area contributed by atoms with Gasteiger partial charge in [0.25, 0.3) is 7.82 Å². The van der Waals surface area contributed by atoms with E-state index in [0.29, 0.717) is 17.4 Å². The van der Waals surface area contributed by atoms with Crippen LogP contribution >= 0.6 is 7.82 Å². The maximum absolute atomic E-state index is 12.9. The molecule has 2 N–H and O–H groups in total. The van der Waals surface area contributed by atoms with Crippen molar-refractivity contribution in [2.75, 3.05) is 40.9 Å². The molecular formula is C60H103N2O6P. The molecule has 9 heteroatoms. The number of carbonyl (C=O) groups is 1. The number of nitrogens with zero attached hydrogens (tertiary/aromatic N) is 1. The van der Waals surface area contributed by atoms with Crippen LogP contribution in [0.5, 0.6) is 0 Å². The third kappa shape index (κ3) is 52.6. The maximum Gasteiger partial charge on any atom is 0.268 e. The standard InChI is InChI=1S/C60H103N2O6P/c1-6-8-10-12-14-16-17-18-19-20-21-22-23-24-25-26-27-28-29-30-31-32-33-34-35-36-37-38-39-40-41-42-43-44-45-46-48-50-52-54-60(64)61-58(57-68-69(65,66)67-56-55-62(3,4)5)59(63)53-51-49-47-15-13-11-9-7-2/h8,10,14,16,18-19,21-22,24-25,27-28,30-31,33-34,36-37,51,53,58-59,63H,6-7,9,11-13,15,17,20,23,26,29,32,35,38-50,52,54-57H2,1-5H3,(H-,61,64,65,66)/b10-8-,16-14-,19-18-,22-21-,25-24-,28-27-,31-30-,34-33-,37-36-,53-51+. The highest BCUT2D eigenvalue weighted by molar-refractivity contribution is 7.45. The lowest BCUT2D eigenvalue weighted by molar-refractivity contribution is -0.870. The number of likely N-dealkylation sites (N-methyl/N-ethyl adjacent to an activating group) is 1. The van der Waals surface area contributed by atoms with Gasteiger partial charge in [-0.05, 0) is 89.9 Å². The van der Waals surface area contributed by atoms with Crippen LogP contribution in [-0.2, 0) is 18.4 Å². The minimum atomic E-state index is -4.59. The SMILES string of the molecule is CC/C=C\C/C=C\C/C=C\C/C=C\C/C=C\C/C=C\C/C=C\C/C=C\C/C=C\CCCCCCCCCCCCCC(=O)NC(COP(=O)([O-])OCC[N+](C)(C)C)C(O)/C=C/CCCCCCCC. The Morgan fingerprint density at radius 3 is 1.29 bits per heavy atom. The van der Waals surface area contributed by atoms with Crippen LogP contribution in [0.1, 0.15) is 200 Å². The van der Waals surface area contributed by atoms with Gasteiger partial charge in [0.15, 0.2) is 0 Å². The Bertz CT molecular complexity index is 1530. The Labute approximate surface area is 424 Å². The second-order valence-electron chi connectivity index (χ2n) is 19.2. The Hall–Kier alpha value is -3.10. The number of phosphoric acid groups is 1. The molecule has 69 heavy (non-hydrogen) atoms. The second-order valence-corrected chi connectivity index (χ2v) is 20.6. The first kappa shape index (κ1) is 65.9. The van der Waals surface area contributed by atoms with Crippen LogP contribution in [-0.4, -0.2) is 68.5 Å². The topological polar surface area (TPSA) is 108 Å². The van der Waals surface area contributed by atoms with Crippen molar-refractivity contribution in [3.8, 4) is 0 Å². The van der Waals surface area contributed by atoms with Crippen molar-refractivity contribution in [3.05, 3.63) is 122 Å². The summed E-state index contributed by atoms with van der Waals surface area (Å²) in [6.07, 6.45) is 74.4. The van der Waals surface area contributed by atoms with Gasteiger partial charge >= 0.3 is 0 Å². The first-order valence-electron chi connectivity index (χ1n) is 27.4. The summed E-state index contributed by atoms with van der Waals surface area (Å²) in [6, 6.07) is -0.892. The molecule has 3 atom stereocenters. The van der Waals surface area contributed by atoms with Gasteiger partial charge in [0.2, 0.25) is 5.91 Å². The highest BCUT2D eigenvalue weighted by Gasteiger charge is 2.23. The summed E-state index contributed by atoms with van der Waals surface area (Å²) < 4.78 is 23.2. The molecule has 0 fully saturated rings. The summed E-state index contributed by atoms with van der Waals surface area (Å²) in [7, 11) is 1.24. The molecule has 8 nitrogen and oxygen atoms in total. The average Bonchev–Trinajstić information content (AvgIpc) is 3.31. The predicted octanol–water partition coefficient (Wildman–Crippen LogP) is 16.0. The van der Waals surface area contributed by atoms with Gasteiger partial charge in [0, 0.05) is 6.42 Å². The van der Waals surface area contributed by atoms with E-state index < -0.39 is 20.0 Å². The number of quaternary nitrogens is 1. The number of allylic oxidation sites excluding steroid dienone is 19. The van der Waals surface area contributed by atoms with Crippen LogP contribution in [0.25, 0.3) is 0 Å². The normalized spacial score (nSPS) is 14.9.